The van der Waals surface area contributed by atoms with Crippen molar-refractivity contribution < 1.29 is 9.84 Å². The Hall–Kier alpha value is -0.640. The van der Waals surface area contributed by atoms with Gasteiger partial charge in [-0.15, -0.1) is 0 Å². The van der Waals surface area contributed by atoms with Crippen molar-refractivity contribution in [2.45, 2.75) is 57.9 Å². The van der Waals surface area contributed by atoms with Gasteiger partial charge in [0, 0.05) is 11.8 Å². The lowest BCUT2D eigenvalue weighted by Crippen LogP contribution is -2.27. The van der Waals surface area contributed by atoms with Crippen LogP contribution < -0.4 is 0 Å². The van der Waals surface area contributed by atoms with Crippen molar-refractivity contribution in [2.75, 3.05) is 0 Å². The molecular formula is C14H22ClNO2. The van der Waals surface area contributed by atoms with Crippen LogP contribution >= 0.6 is 11.6 Å². The molecule has 0 aliphatic carbocycles. The van der Waals surface area contributed by atoms with Gasteiger partial charge in [0.05, 0.1) is 5.60 Å². The second kappa shape index (κ2) is 6.50. The summed E-state index contributed by atoms with van der Waals surface area (Å²) in [6.07, 6.45) is 6.23. The van der Waals surface area contributed by atoms with E-state index in [4.69, 9.17) is 16.3 Å². The minimum Gasteiger partial charge on any atom is -0.364 e. The largest absolute Gasteiger partial charge is 0.364 e. The molecule has 0 aromatic heterocycles. The molecule has 0 radical (unpaired) electrons. The summed E-state index contributed by atoms with van der Waals surface area (Å²) in [5.74, 6) is 0. The Morgan fingerprint density at radius 1 is 1.61 bits per heavy atom. The number of alkyl halides is 1. The first-order chi connectivity index (χ1) is 8.44. The van der Waals surface area contributed by atoms with Gasteiger partial charge in [-0.1, -0.05) is 31.0 Å². The van der Waals surface area contributed by atoms with Gasteiger partial charge in [0.1, 0.15) is 5.50 Å². The Bertz CT molecular complexity index is 376. The van der Waals surface area contributed by atoms with Crippen LogP contribution in [0.25, 0.3) is 0 Å². The quantitative estimate of drug-likeness (QED) is 0.360. The summed E-state index contributed by atoms with van der Waals surface area (Å²) in [5, 5.41) is 9.93. The van der Waals surface area contributed by atoms with Gasteiger partial charge in [-0.25, -0.2) is 0 Å². The first-order valence-electron chi connectivity index (χ1n) is 6.31. The van der Waals surface area contributed by atoms with Gasteiger partial charge in [-0.2, -0.15) is 0 Å². The molecule has 0 aromatic rings. The Balaban J connectivity index is 2.89. The minimum absolute atomic E-state index is 0.391. The van der Waals surface area contributed by atoms with Gasteiger partial charge in [-0.05, 0) is 38.8 Å². The van der Waals surface area contributed by atoms with Gasteiger partial charge >= 0.3 is 0 Å². The highest BCUT2D eigenvalue weighted by molar-refractivity contribution is 6.22. The van der Waals surface area contributed by atoms with E-state index in [2.05, 4.69) is 11.9 Å². The normalized spacial score (nSPS) is 30.9. The molecule has 0 bridgehead atoms. The van der Waals surface area contributed by atoms with Gasteiger partial charge in [0.2, 0.25) is 0 Å². The third-order valence-corrected chi connectivity index (χ3v) is 3.56. The molecule has 0 saturated heterocycles. The van der Waals surface area contributed by atoms with Crippen LogP contribution in [0, 0.1) is 0 Å². The van der Waals surface area contributed by atoms with E-state index in [0.29, 0.717) is 0 Å². The smallest absolute Gasteiger partial charge is 0.183 e. The van der Waals surface area contributed by atoms with Gasteiger partial charge in [-0.3, -0.25) is 4.99 Å². The van der Waals surface area contributed by atoms with Gasteiger partial charge < -0.3 is 9.84 Å². The molecule has 18 heavy (non-hydrogen) atoms. The number of allylic oxidation sites excluding steroid dienone is 1. The molecule has 1 N–H and O–H groups in total. The summed E-state index contributed by atoms with van der Waals surface area (Å²) >= 11 is 5.96. The van der Waals surface area contributed by atoms with Crippen molar-refractivity contribution in [1.82, 2.24) is 0 Å². The molecule has 3 atom stereocenters. The van der Waals surface area contributed by atoms with E-state index in [9.17, 15) is 5.11 Å². The van der Waals surface area contributed by atoms with Crippen LogP contribution in [0.1, 0.15) is 40.5 Å². The number of rotatable bonds is 5. The van der Waals surface area contributed by atoms with Crippen LogP contribution in [0.15, 0.2) is 28.3 Å². The predicted octanol–water partition coefficient (Wildman–Crippen LogP) is 3.42. The van der Waals surface area contributed by atoms with E-state index in [-0.39, 0.29) is 0 Å². The van der Waals surface area contributed by atoms with Crippen LogP contribution in [-0.2, 0) is 4.74 Å². The van der Waals surface area contributed by atoms with Crippen LogP contribution in [0.2, 0.25) is 0 Å². The van der Waals surface area contributed by atoms with Crippen LogP contribution in [-0.4, -0.2) is 28.7 Å². The zero-order valence-corrected chi connectivity index (χ0v) is 12.2. The predicted molar refractivity (Wildman–Crippen MR) is 76.1 cm³/mol. The third-order valence-electron chi connectivity index (χ3n) is 3.30. The number of ether oxygens (including phenoxy) is 1. The molecule has 3 unspecified atom stereocenters. The van der Waals surface area contributed by atoms with Crippen molar-refractivity contribution in [3.05, 3.63) is 23.3 Å². The maximum Gasteiger partial charge on any atom is 0.183 e. The van der Waals surface area contributed by atoms with Gasteiger partial charge in [0.15, 0.2) is 6.29 Å². The lowest BCUT2D eigenvalue weighted by Gasteiger charge is -2.25. The molecule has 3 nitrogen and oxygen atoms in total. The number of halogens is 1. The number of aliphatic hydroxyl groups is 1. The second-order valence-corrected chi connectivity index (χ2v) is 5.16. The number of nitrogens with zero attached hydrogens (tertiary/aromatic N) is 1. The second-order valence-electron chi connectivity index (χ2n) is 4.71. The van der Waals surface area contributed by atoms with E-state index in [1.807, 2.05) is 26.8 Å². The van der Waals surface area contributed by atoms with Crippen LogP contribution in [0.5, 0.6) is 0 Å². The molecule has 1 rings (SSSR count). The van der Waals surface area contributed by atoms with Crippen LogP contribution in [0.3, 0.4) is 0 Å². The first kappa shape index (κ1) is 15.4. The monoisotopic (exact) mass is 271 g/mol. The zero-order chi connectivity index (χ0) is 13.8. The number of aliphatic hydroxyl groups excluding tert-OH is 1. The lowest BCUT2D eigenvalue weighted by molar-refractivity contribution is -0.123. The number of hydrogen-bond acceptors (Lipinski definition) is 3. The molecule has 0 fully saturated rings. The van der Waals surface area contributed by atoms with Crippen molar-refractivity contribution in [3.63, 3.8) is 0 Å². The molecule has 102 valence electrons. The average molecular weight is 272 g/mol. The zero-order valence-electron chi connectivity index (χ0n) is 11.5. The highest BCUT2D eigenvalue weighted by atomic mass is 35.5. The van der Waals surface area contributed by atoms with Gasteiger partial charge in [0.25, 0.3) is 0 Å². The molecule has 0 aromatic carbocycles. The highest BCUT2D eigenvalue weighted by Gasteiger charge is 2.39. The summed E-state index contributed by atoms with van der Waals surface area (Å²) in [7, 11) is 0. The Kier molecular flexibility index (Phi) is 5.57. The molecule has 1 heterocycles. The summed E-state index contributed by atoms with van der Waals surface area (Å²) in [6.45, 7) is 7.97. The molecule has 0 saturated carbocycles. The summed E-state index contributed by atoms with van der Waals surface area (Å²) < 4.78 is 5.64. The molecule has 0 spiro atoms. The lowest BCUT2D eigenvalue weighted by atomic mass is 9.91. The maximum atomic E-state index is 9.93. The van der Waals surface area contributed by atoms with E-state index < -0.39 is 17.4 Å². The van der Waals surface area contributed by atoms with Crippen molar-refractivity contribution in [3.8, 4) is 0 Å². The first-order valence-corrected chi connectivity index (χ1v) is 6.75. The van der Waals surface area contributed by atoms with Crippen molar-refractivity contribution >= 4 is 17.8 Å². The number of aliphatic imine (C=N–C) groups is 1. The fourth-order valence-corrected chi connectivity index (χ4v) is 2.33. The molecule has 0 amide bonds. The van der Waals surface area contributed by atoms with E-state index in [0.717, 1.165) is 24.0 Å². The topological polar surface area (TPSA) is 41.8 Å². The van der Waals surface area contributed by atoms with E-state index >= 15 is 0 Å². The number of hydrogen-bond donors (Lipinski definition) is 1. The summed E-state index contributed by atoms with van der Waals surface area (Å²) in [6, 6.07) is 0. The average Bonchev–Trinajstić information content (AvgIpc) is 2.49. The Labute approximate surface area is 114 Å². The summed E-state index contributed by atoms with van der Waals surface area (Å²) in [4.78, 5) is 4.18. The summed E-state index contributed by atoms with van der Waals surface area (Å²) in [5.41, 5.74) is 0.962. The molecule has 4 heteroatoms. The fourth-order valence-electron chi connectivity index (χ4n) is 2.13. The molecule has 1 aliphatic heterocycles. The Morgan fingerprint density at radius 2 is 2.28 bits per heavy atom. The van der Waals surface area contributed by atoms with E-state index in [1.54, 1.807) is 12.3 Å². The van der Waals surface area contributed by atoms with E-state index in [1.165, 1.54) is 0 Å². The minimum atomic E-state index is -0.903. The highest BCUT2D eigenvalue weighted by Crippen LogP contribution is 2.37. The van der Waals surface area contributed by atoms with Crippen molar-refractivity contribution in [2.24, 2.45) is 4.99 Å². The Morgan fingerprint density at radius 3 is 2.83 bits per heavy atom. The SMILES string of the molecule is C/C=C/C(Cl)/N=C\C1=C(C)C(C)(CCC)OC1O. The molecule has 1 aliphatic rings. The third kappa shape index (κ3) is 3.44. The maximum absolute atomic E-state index is 9.93. The molecular weight excluding hydrogens is 250 g/mol. The van der Waals surface area contributed by atoms with Crippen molar-refractivity contribution in [1.29, 1.82) is 0 Å². The van der Waals surface area contributed by atoms with Crippen LogP contribution in [0.4, 0.5) is 0 Å². The fraction of sp³-hybridized carbons (Fsp3) is 0.643. The standard InChI is InChI=1S/C14H22ClNO2/c1-5-7-12(15)16-9-11-10(3)14(4,8-6-2)18-13(11)17/h5,7,9,12-13,17H,6,8H2,1-4H3/b7-5+,16-9-.